The van der Waals surface area contributed by atoms with Gasteiger partial charge in [0.15, 0.2) is 0 Å². The fourth-order valence-corrected chi connectivity index (χ4v) is 1.78. The molecule has 1 fully saturated rings. The molecule has 0 aromatic carbocycles. The lowest BCUT2D eigenvalue weighted by atomic mass is 9.98. The molecule has 0 unspecified atom stereocenters. The van der Waals surface area contributed by atoms with Crippen LogP contribution in [0.4, 0.5) is 4.79 Å². The number of rotatable bonds is 0. The highest BCUT2D eigenvalue weighted by Crippen LogP contribution is 2.18. The van der Waals surface area contributed by atoms with E-state index in [2.05, 4.69) is 6.92 Å². The van der Waals surface area contributed by atoms with E-state index < -0.39 is 5.60 Å². The lowest BCUT2D eigenvalue weighted by Crippen LogP contribution is -2.37. The molecule has 1 aliphatic rings. The molecular formula is C12H24N2O2. The predicted octanol–water partition coefficient (Wildman–Crippen LogP) is 1.98. The van der Waals surface area contributed by atoms with E-state index in [0.717, 1.165) is 19.4 Å². The fourth-order valence-electron chi connectivity index (χ4n) is 1.78. The lowest BCUT2D eigenvalue weighted by Gasteiger charge is -2.26. The maximum absolute atomic E-state index is 11.8. The Morgan fingerprint density at radius 1 is 1.31 bits per heavy atom. The second-order valence-electron chi connectivity index (χ2n) is 5.69. The molecular weight excluding hydrogens is 204 g/mol. The smallest absolute Gasteiger partial charge is 0.410 e. The molecule has 1 amide bonds. The molecule has 16 heavy (non-hydrogen) atoms. The summed E-state index contributed by atoms with van der Waals surface area (Å²) in [6.45, 7) is 9.26. The average Bonchev–Trinajstić information content (AvgIpc) is 2.28. The monoisotopic (exact) mass is 228 g/mol. The number of nitrogens with two attached hydrogens (primary N) is 1. The topological polar surface area (TPSA) is 55.6 Å². The van der Waals surface area contributed by atoms with Crippen LogP contribution in [0.2, 0.25) is 0 Å². The van der Waals surface area contributed by atoms with E-state index in [4.69, 9.17) is 10.5 Å². The zero-order chi connectivity index (χ0) is 12.3. The number of carbonyl (C=O) groups is 1. The Hall–Kier alpha value is -0.770. The Kier molecular flexibility index (Phi) is 4.19. The quantitative estimate of drug-likeness (QED) is 0.689. The van der Waals surface area contributed by atoms with Gasteiger partial charge in [0.1, 0.15) is 5.60 Å². The molecule has 1 aliphatic heterocycles. The third kappa shape index (κ3) is 4.00. The first kappa shape index (κ1) is 13.3. The highest BCUT2D eigenvalue weighted by Gasteiger charge is 2.26. The third-order valence-corrected chi connectivity index (χ3v) is 2.97. The minimum atomic E-state index is -0.420. The summed E-state index contributed by atoms with van der Waals surface area (Å²) in [5, 5.41) is 0. The van der Waals surface area contributed by atoms with Gasteiger partial charge in [-0.05, 0) is 39.5 Å². The summed E-state index contributed by atoms with van der Waals surface area (Å²) in [7, 11) is 0. The maximum Gasteiger partial charge on any atom is 0.410 e. The first-order valence-electron chi connectivity index (χ1n) is 6.03. The van der Waals surface area contributed by atoms with E-state index in [1.807, 2.05) is 20.8 Å². The Labute approximate surface area is 98.1 Å². The van der Waals surface area contributed by atoms with Gasteiger partial charge >= 0.3 is 6.09 Å². The van der Waals surface area contributed by atoms with Crippen LogP contribution >= 0.6 is 0 Å². The van der Waals surface area contributed by atoms with Gasteiger partial charge in [0, 0.05) is 19.1 Å². The summed E-state index contributed by atoms with van der Waals surface area (Å²) in [5.41, 5.74) is 5.57. The minimum Gasteiger partial charge on any atom is -0.444 e. The van der Waals surface area contributed by atoms with Crippen molar-refractivity contribution in [1.29, 1.82) is 0 Å². The van der Waals surface area contributed by atoms with Gasteiger partial charge in [-0.2, -0.15) is 0 Å². The first-order chi connectivity index (χ1) is 7.29. The van der Waals surface area contributed by atoms with Gasteiger partial charge in [-0.1, -0.05) is 6.92 Å². The Morgan fingerprint density at radius 2 is 1.88 bits per heavy atom. The van der Waals surface area contributed by atoms with E-state index in [9.17, 15) is 4.79 Å². The van der Waals surface area contributed by atoms with Crippen LogP contribution < -0.4 is 5.73 Å². The Morgan fingerprint density at radius 3 is 2.44 bits per heavy atom. The van der Waals surface area contributed by atoms with Gasteiger partial charge in [-0.3, -0.25) is 0 Å². The molecule has 4 heteroatoms. The summed E-state index contributed by atoms with van der Waals surface area (Å²) in [6, 6.07) is 0.201. The molecule has 1 rings (SSSR count). The molecule has 0 aromatic rings. The van der Waals surface area contributed by atoms with Gasteiger partial charge in [0.2, 0.25) is 0 Å². The molecule has 4 nitrogen and oxygen atoms in total. The number of likely N-dealkylation sites (tertiary alicyclic amines) is 1. The number of nitrogens with zero attached hydrogens (tertiary/aromatic N) is 1. The lowest BCUT2D eigenvalue weighted by molar-refractivity contribution is 0.0255. The number of amides is 1. The first-order valence-corrected chi connectivity index (χ1v) is 6.03. The molecule has 2 atom stereocenters. The SMILES string of the molecule is C[C@@H]1CCN(C(=O)OC(C)(C)C)CC[C@H]1N. The van der Waals surface area contributed by atoms with E-state index in [1.54, 1.807) is 4.90 Å². The standard InChI is InChI=1S/C12H24N2O2/c1-9-5-7-14(8-6-10(9)13)11(15)16-12(2,3)4/h9-10H,5-8,13H2,1-4H3/t9-,10-/m1/s1. The number of hydrogen-bond donors (Lipinski definition) is 1. The number of ether oxygens (including phenoxy) is 1. The van der Waals surface area contributed by atoms with Crippen molar-refractivity contribution in [1.82, 2.24) is 4.90 Å². The van der Waals surface area contributed by atoms with Crippen molar-refractivity contribution in [3.05, 3.63) is 0 Å². The zero-order valence-electron chi connectivity index (χ0n) is 10.8. The molecule has 0 bridgehead atoms. The predicted molar refractivity (Wildman–Crippen MR) is 64.2 cm³/mol. The zero-order valence-corrected chi connectivity index (χ0v) is 10.8. The minimum absolute atomic E-state index is 0.201. The third-order valence-electron chi connectivity index (χ3n) is 2.97. The average molecular weight is 228 g/mol. The molecule has 0 aliphatic carbocycles. The van der Waals surface area contributed by atoms with Crippen molar-refractivity contribution < 1.29 is 9.53 Å². The van der Waals surface area contributed by atoms with E-state index >= 15 is 0 Å². The molecule has 0 saturated carbocycles. The van der Waals surface area contributed by atoms with Crippen molar-refractivity contribution in [2.24, 2.45) is 11.7 Å². The van der Waals surface area contributed by atoms with Crippen LogP contribution in [-0.4, -0.2) is 35.7 Å². The van der Waals surface area contributed by atoms with Crippen LogP contribution in [0, 0.1) is 5.92 Å². The Bertz CT molecular complexity index is 236. The van der Waals surface area contributed by atoms with Gasteiger partial charge in [-0.15, -0.1) is 0 Å². The van der Waals surface area contributed by atoms with Crippen LogP contribution in [0.5, 0.6) is 0 Å². The molecule has 0 aromatic heterocycles. The largest absolute Gasteiger partial charge is 0.444 e. The van der Waals surface area contributed by atoms with Crippen molar-refractivity contribution >= 4 is 6.09 Å². The maximum atomic E-state index is 11.8. The van der Waals surface area contributed by atoms with E-state index in [0.29, 0.717) is 12.5 Å². The summed E-state index contributed by atoms with van der Waals surface area (Å²) < 4.78 is 5.35. The highest BCUT2D eigenvalue weighted by atomic mass is 16.6. The summed E-state index contributed by atoms with van der Waals surface area (Å²) in [6.07, 6.45) is 1.61. The highest BCUT2D eigenvalue weighted by molar-refractivity contribution is 5.68. The molecule has 1 saturated heterocycles. The van der Waals surface area contributed by atoms with Crippen LogP contribution in [0.25, 0.3) is 0 Å². The second kappa shape index (κ2) is 5.04. The van der Waals surface area contributed by atoms with Crippen molar-refractivity contribution in [2.75, 3.05) is 13.1 Å². The molecule has 94 valence electrons. The molecule has 0 spiro atoms. The normalized spacial score (nSPS) is 27.4. The summed E-state index contributed by atoms with van der Waals surface area (Å²) in [5.74, 6) is 0.479. The van der Waals surface area contributed by atoms with Crippen molar-refractivity contribution in [3.8, 4) is 0 Å². The van der Waals surface area contributed by atoms with Crippen LogP contribution in [0.3, 0.4) is 0 Å². The van der Waals surface area contributed by atoms with Crippen molar-refractivity contribution in [3.63, 3.8) is 0 Å². The molecule has 0 radical (unpaired) electrons. The van der Waals surface area contributed by atoms with Gasteiger partial charge in [-0.25, -0.2) is 4.79 Å². The molecule has 2 N–H and O–H groups in total. The Balaban J connectivity index is 2.51. The van der Waals surface area contributed by atoms with Gasteiger partial charge < -0.3 is 15.4 Å². The summed E-state index contributed by atoms with van der Waals surface area (Å²) >= 11 is 0. The summed E-state index contributed by atoms with van der Waals surface area (Å²) in [4.78, 5) is 13.6. The van der Waals surface area contributed by atoms with Crippen LogP contribution in [0.15, 0.2) is 0 Å². The van der Waals surface area contributed by atoms with Crippen LogP contribution in [0.1, 0.15) is 40.5 Å². The van der Waals surface area contributed by atoms with Crippen LogP contribution in [-0.2, 0) is 4.74 Å². The van der Waals surface area contributed by atoms with E-state index in [-0.39, 0.29) is 12.1 Å². The number of carbonyl (C=O) groups excluding carboxylic acids is 1. The fraction of sp³-hybridized carbons (Fsp3) is 0.917. The second-order valence-corrected chi connectivity index (χ2v) is 5.69. The van der Waals surface area contributed by atoms with Gasteiger partial charge in [0.05, 0.1) is 0 Å². The van der Waals surface area contributed by atoms with E-state index in [1.165, 1.54) is 0 Å². The van der Waals surface area contributed by atoms with Gasteiger partial charge in [0.25, 0.3) is 0 Å². The van der Waals surface area contributed by atoms with Crippen molar-refractivity contribution in [2.45, 2.75) is 52.2 Å². The number of hydrogen-bond acceptors (Lipinski definition) is 3. The molecule has 1 heterocycles.